The van der Waals surface area contributed by atoms with Gasteiger partial charge in [0.05, 0.1) is 30.5 Å². The molecular weight excluding hydrogens is 452 g/mol. The van der Waals surface area contributed by atoms with Crippen LogP contribution >= 0.6 is 0 Å². The molecule has 0 saturated carbocycles. The van der Waals surface area contributed by atoms with Crippen molar-refractivity contribution in [3.8, 4) is 23.1 Å². The third kappa shape index (κ3) is 6.81. The molecule has 0 fully saturated rings. The Labute approximate surface area is 214 Å². The van der Waals surface area contributed by atoms with Gasteiger partial charge in [-0.05, 0) is 37.6 Å². The molecule has 0 bridgehead atoms. The van der Waals surface area contributed by atoms with Crippen molar-refractivity contribution >= 4 is 5.78 Å². The molecule has 7 nitrogen and oxygen atoms in total. The standard InChI is InChI=1S/C29H36N4O3/c1-20(2)36-27-12-11-23(15-24(27)16-30)26(35)19-33(13-14-34)17-21-7-9-22(10-8-21)25-18-32(6)28(31-25)29(3,4)5/h7-12,15,18,20,34H,13-14,17,19H2,1-6H3. The number of Topliss-reactive ketones (excluding diaryl/α,β-unsaturated/α-hetero) is 1. The minimum absolute atomic E-state index is 0.0416. The maximum Gasteiger partial charge on any atom is 0.176 e. The molecule has 1 N–H and O–H groups in total. The number of carbonyl (C=O) groups excluding carboxylic acids is 1. The Morgan fingerprint density at radius 2 is 1.89 bits per heavy atom. The van der Waals surface area contributed by atoms with Crippen LogP contribution in [0.1, 0.15) is 61.9 Å². The molecule has 190 valence electrons. The lowest BCUT2D eigenvalue weighted by Crippen LogP contribution is -2.32. The van der Waals surface area contributed by atoms with Gasteiger partial charge in [0.25, 0.3) is 0 Å². The van der Waals surface area contributed by atoms with Crippen LogP contribution in [0.4, 0.5) is 0 Å². The second kappa shape index (κ2) is 11.5. The average molecular weight is 489 g/mol. The number of aryl methyl sites for hydroxylation is 1. The van der Waals surface area contributed by atoms with E-state index in [1.54, 1.807) is 18.2 Å². The highest BCUT2D eigenvalue weighted by molar-refractivity contribution is 5.98. The normalized spacial score (nSPS) is 11.7. The van der Waals surface area contributed by atoms with Crippen LogP contribution < -0.4 is 4.74 Å². The van der Waals surface area contributed by atoms with Crippen LogP contribution in [0, 0.1) is 11.3 Å². The second-order valence-corrected chi connectivity index (χ2v) is 10.4. The van der Waals surface area contributed by atoms with Gasteiger partial charge in [-0.3, -0.25) is 9.69 Å². The lowest BCUT2D eigenvalue weighted by molar-refractivity contribution is 0.0908. The number of ether oxygens (including phenoxy) is 1. The topological polar surface area (TPSA) is 91.4 Å². The van der Waals surface area contributed by atoms with E-state index in [0.717, 1.165) is 22.6 Å². The molecule has 1 heterocycles. The van der Waals surface area contributed by atoms with Crippen molar-refractivity contribution in [1.82, 2.24) is 14.5 Å². The first-order valence-corrected chi connectivity index (χ1v) is 12.2. The van der Waals surface area contributed by atoms with Crippen molar-refractivity contribution in [2.75, 3.05) is 19.7 Å². The fourth-order valence-electron chi connectivity index (χ4n) is 4.14. The van der Waals surface area contributed by atoms with E-state index in [-0.39, 0.29) is 30.5 Å². The Balaban J connectivity index is 1.72. The fourth-order valence-corrected chi connectivity index (χ4v) is 4.14. The Morgan fingerprint density at radius 1 is 1.19 bits per heavy atom. The van der Waals surface area contributed by atoms with E-state index >= 15 is 0 Å². The maximum absolute atomic E-state index is 13.0. The minimum Gasteiger partial charge on any atom is -0.490 e. The van der Waals surface area contributed by atoms with Crippen molar-refractivity contribution in [3.63, 3.8) is 0 Å². The van der Waals surface area contributed by atoms with Crippen molar-refractivity contribution in [2.24, 2.45) is 7.05 Å². The quantitative estimate of drug-likeness (QED) is 0.415. The number of nitrogens with zero attached hydrogens (tertiary/aromatic N) is 4. The molecule has 0 spiro atoms. The molecule has 0 atom stereocenters. The molecule has 0 aliphatic rings. The lowest BCUT2D eigenvalue weighted by Gasteiger charge is -2.21. The predicted molar refractivity (Wildman–Crippen MR) is 141 cm³/mol. The Kier molecular flexibility index (Phi) is 8.67. The van der Waals surface area contributed by atoms with Crippen LogP contribution in [0.15, 0.2) is 48.7 Å². The van der Waals surface area contributed by atoms with Gasteiger partial charge in [0, 0.05) is 42.9 Å². The van der Waals surface area contributed by atoms with E-state index in [2.05, 4.69) is 31.4 Å². The van der Waals surface area contributed by atoms with Crippen LogP contribution in [0.3, 0.4) is 0 Å². The molecule has 0 aliphatic carbocycles. The molecule has 0 unspecified atom stereocenters. The van der Waals surface area contributed by atoms with Gasteiger partial charge in [0.2, 0.25) is 0 Å². The summed E-state index contributed by atoms with van der Waals surface area (Å²) in [6.07, 6.45) is 1.97. The van der Waals surface area contributed by atoms with Gasteiger partial charge < -0.3 is 14.4 Å². The molecule has 3 rings (SSSR count). The zero-order chi connectivity index (χ0) is 26.5. The van der Waals surface area contributed by atoms with Gasteiger partial charge in [-0.25, -0.2) is 4.98 Å². The highest BCUT2D eigenvalue weighted by Crippen LogP contribution is 2.26. The molecule has 0 saturated heterocycles. The second-order valence-electron chi connectivity index (χ2n) is 10.4. The smallest absolute Gasteiger partial charge is 0.176 e. The minimum atomic E-state index is -0.115. The fraction of sp³-hybridized carbons (Fsp3) is 0.414. The number of hydrogen-bond donors (Lipinski definition) is 1. The summed E-state index contributed by atoms with van der Waals surface area (Å²) in [5.74, 6) is 1.38. The van der Waals surface area contributed by atoms with E-state index in [1.807, 2.05) is 56.3 Å². The molecular formula is C29H36N4O3. The number of carbonyl (C=O) groups is 1. The first-order valence-electron chi connectivity index (χ1n) is 12.2. The number of aromatic nitrogens is 2. The van der Waals surface area contributed by atoms with Gasteiger partial charge in [0.15, 0.2) is 5.78 Å². The zero-order valence-electron chi connectivity index (χ0n) is 22.1. The van der Waals surface area contributed by atoms with Crippen LogP contribution in [-0.2, 0) is 19.0 Å². The number of aliphatic hydroxyl groups excluding tert-OH is 1. The number of ketones is 1. The van der Waals surface area contributed by atoms with Crippen LogP contribution in [0.5, 0.6) is 5.75 Å². The predicted octanol–water partition coefficient (Wildman–Crippen LogP) is 4.72. The highest BCUT2D eigenvalue weighted by Gasteiger charge is 2.21. The molecule has 36 heavy (non-hydrogen) atoms. The number of rotatable bonds is 10. The van der Waals surface area contributed by atoms with Crippen LogP contribution in [0.25, 0.3) is 11.3 Å². The van der Waals surface area contributed by atoms with Gasteiger partial charge >= 0.3 is 0 Å². The molecule has 1 aromatic heterocycles. The number of imidazole rings is 1. The summed E-state index contributed by atoms with van der Waals surface area (Å²) in [6.45, 7) is 11.2. The number of benzene rings is 2. The van der Waals surface area contributed by atoms with E-state index < -0.39 is 0 Å². The third-order valence-corrected chi connectivity index (χ3v) is 5.77. The SMILES string of the molecule is CC(C)Oc1ccc(C(=O)CN(CCO)Cc2ccc(-c3cn(C)c(C(C)(C)C)n3)cc2)cc1C#N. The van der Waals surface area contributed by atoms with Gasteiger partial charge in [0.1, 0.15) is 17.6 Å². The Morgan fingerprint density at radius 3 is 2.44 bits per heavy atom. The molecule has 2 aromatic carbocycles. The first-order chi connectivity index (χ1) is 17.0. The van der Waals surface area contributed by atoms with E-state index in [0.29, 0.717) is 30.0 Å². The summed E-state index contributed by atoms with van der Waals surface area (Å²) in [5, 5.41) is 19.0. The summed E-state index contributed by atoms with van der Waals surface area (Å²) in [6, 6.07) is 15.2. The van der Waals surface area contributed by atoms with Gasteiger partial charge in [-0.2, -0.15) is 5.26 Å². The largest absolute Gasteiger partial charge is 0.490 e. The van der Waals surface area contributed by atoms with Crippen LogP contribution in [0.2, 0.25) is 0 Å². The third-order valence-electron chi connectivity index (χ3n) is 5.77. The van der Waals surface area contributed by atoms with Crippen molar-refractivity contribution in [3.05, 3.63) is 71.2 Å². The zero-order valence-corrected chi connectivity index (χ0v) is 22.1. The van der Waals surface area contributed by atoms with E-state index in [1.165, 1.54) is 0 Å². The number of aliphatic hydroxyl groups is 1. The van der Waals surface area contributed by atoms with Crippen molar-refractivity contribution in [2.45, 2.75) is 52.7 Å². The Hall–Kier alpha value is -3.47. The summed E-state index contributed by atoms with van der Waals surface area (Å²) >= 11 is 0. The van der Waals surface area contributed by atoms with Crippen molar-refractivity contribution in [1.29, 1.82) is 5.26 Å². The van der Waals surface area contributed by atoms with E-state index in [4.69, 9.17) is 9.72 Å². The maximum atomic E-state index is 13.0. The molecule has 0 aliphatic heterocycles. The number of nitriles is 1. The summed E-state index contributed by atoms with van der Waals surface area (Å²) in [5.41, 5.74) is 3.73. The highest BCUT2D eigenvalue weighted by atomic mass is 16.5. The van der Waals surface area contributed by atoms with Gasteiger partial charge in [-0.15, -0.1) is 0 Å². The van der Waals surface area contributed by atoms with E-state index in [9.17, 15) is 15.2 Å². The summed E-state index contributed by atoms with van der Waals surface area (Å²) in [4.78, 5) is 19.7. The van der Waals surface area contributed by atoms with Crippen LogP contribution in [-0.4, -0.2) is 51.1 Å². The average Bonchev–Trinajstić information content (AvgIpc) is 3.21. The molecule has 7 heteroatoms. The van der Waals surface area contributed by atoms with Crippen molar-refractivity contribution < 1.29 is 14.6 Å². The van der Waals surface area contributed by atoms with Gasteiger partial charge in [-0.1, -0.05) is 45.0 Å². The molecule has 0 amide bonds. The summed E-state index contributed by atoms with van der Waals surface area (Å²) in [7, 11) is 2.01. The first kappa shape index (κ1) is 27.1. The molecule has 0 radical (unpaired) electrons. The molecule has 3 aromatic rings. The lowest BCUT2D eigenvalue weighted by atomic mass is 9.96. The Bertz CT molecular complexity index is 1230. The summed E-state index contributed by atoms with van der Waals surface area (Å²) < 4.78 is 7.72. The monoisotopic (exact) mass is 488 g/mol. The number of hydrogen-bond acceptors (Lipinski definition) is 6.